The molecule has 0 heterocycles. The Morgan fingerprint density at radius 1 is 1.14 bits per heavy atom. The second-order valence-corrected chi connectivity index (χ2v) is 5.90. The SMILES string of the molecule is CCCCNC(=O)c1ccccc1Sc1ccccc1C#N. The zero-order valence-corrected chi connectivity index (χ0v) is 13.3. The highest BCUT2D eigenvalue weighted by Crippen LogP contribution is 2.32. The number of carbonyl (C=O) groups excluding carboxylic acids is 1. The van der Waals surface area contributed by atoms with Gasteiger partial charge in [0.2, 0.25) is 0 Å². The molecular formula is C18H18N2OS. The molecule has 0 bridgehead atoms. The first kappa shape index (κ1) is 16.1. The van der Waals surface area contributed by atoms with Crippen molar-refractivity contribution in [3.63, 3.8) is 0 Å². The molecule has 0 atom stereocenters. The molecule has 3 nitrogen and oxygen atoms in total. The lowest BCUT2D eigenvalue weighted by Crippen LogP contribution is -2.24. The van der Waals surface area contributed by atoms with Gasteiger partial charge in [0, 0.05) is 16.3 Å². The summed E-state index contributed by atoms with van der Waals surface area (Å²) in [5.41, 5.74) is 1.27. The van der Waals surface area contributed by atoms with Gasteiger partial charge >= 0.3 is 0 Å². The molecule has 2 aromatic carbocycles. The van der Waals surface area contributed by atoms with Crippen molar-refractivity contribution in [2.24, 2.45) is 0 Å². The van der Waals surface area contributed by atoms with E-state index in [1.54, 1.807) is 6.07 Å². The average molecular weight is 310 g/mol. The molecule has 0 aromatic heterocycles. The van der Waals surface area contributed by atoms with E-state index in [9.17, 15) is 10.1 Å². The summed E-state index contributed by atoms with van der Waals surface area (Å²) in [5.74, 6) is -0.0639. The van der Waals surface area contributed by atoms with Crippen LogP contribution in [0, 0.1) is 11.3 Å². The number of amides is 1. The molecule has 2 aromatic rings. The summed E-state index contributed by atoms with van der Waals surface area (Å²) in [6.45, 7) is 2.78. The predicted molar refractivity (Wildman–Crippen MR) is 89.0 cm³/mol. The number of carbonyl (C=O) groups is 1. The minimum absolute atomic E-state index is 0.0639. The zero-order valence-electron chi connectivity index (χ0n) is 12.5. The second kappa shape index (κ2) is 8.26. The van der Waals surface area contributed by atoms with Crippen molar-refractivity contribution >= 4 is 17.7 Å². The average Bonchev–Trinajstić information content (AvgIpc) is 2.56. The van der Waals surface area contributed by atoms with E-state index in [2.05, 4.69) is 18.3 Å². The molecule has 0 fully saturated rings. The van der Waals surface area contributed by atoms with Crippen molar-refractivity contribution in [2.75, 3.05) is 6.54 Å². The maximum atomic E-state index is 12.3. The van der Waals surface area contributed by atoms with Gasteiger partial charge in [-0.25, -0.2) is 0 Å². The van der Waals surface area contributed by atoms with Gasteiger partial charge in [-0.15, -0.1) is 0 Å². The van der Waals surface area contributed by atoms with Gasteiger partial charge in [-0.2, -0.15) is 5.26 Å². The van der Waals surface area contributed by atoms with Crippen LogP contribution in [0.3, 0.4) is 0 Å². The maximum Gasteiger partial charge on any atom is 0.252 e. The summed E-state index contributed by atoms with van der Waals surface area (Å²) in [4.78, 5) is 14.0. The van der Waals surface area contributed by atoms with Crippen LogP contribution >= 0.6 is 11.8 Å². The van der Waals surface area contributed by atoms with E-state index >= 15 is 0 Å². The smallest absolute Gasteiger partial charge is 0.252 e. The van der Waals surface area contributed by atoms with Gasteiger partial charge < -0.3 is 5.32 Å². The molecule has 0 aliphatic heterocycles. The Kier molecular flexibility index (Phi) is 6.05. The van der Waals surface area contributed by atoms with Gasteiger partial charge in [0.05, 0.1) is 11.1 Å². The molecular weight excluding hydrogens is 292 g/mol. The Bertz CT molecular complexity index is 691. The maximum absolute atomic E-state index is 12.3. The van der Waals surface area contributed by atoms with Gasteiger partial charge in [-0.1, -0.05) is 49.4 Å². The first-order chi connectivity index (χ1) is 10.8. The number of nitriles is 1. The van der Waals surface area contributed by atoms with E-state index in [0.717, 1.165) is 22.6 Å². The van der Waals surface area contributed by atoms with Crippen molar-refractivity contribution < 1.29 is 4.79 Å². The molecule has 0 spiro atoms. The summed E-state index contributed by atoms with van der Waals surface area (Å²) >= 11 is 1.45. The molecule has 2 rings (SSSR count). The van der Waals surface area contributed by atoms with Crippen LogP contribution in [0.5, 0.6) is 0 Å². The minimum Gasteiger partial charge on any atom is -0.352 e. The number of rotatable bonds is 6. The van der Waals surface area contributed by atoms with E-state index in [1.807, 2.05) is 42.5 Å². The van der Waals surface area contributed by atoms with Crippen molar-refractivity contribution in [1.29, 1.82) is 5.26 Å². The predicted octanol–water partition coefficient (Wildman–Crippen LogP) is 4.24. The third-order valence-corrected chi connectivity index (χ3v) is 4.33. The van der Waals surface area contributed by atoms with E-state index < -0.39 is 0 Å². The zero-order chi connectivity index (χ0) is 15.8. The summed E-state index contributed by atoms with van der Waals surface area (Å²) in [6.07, 6.45) is 2.02. The molecule has 1 amide bonds. The topological polar surface area (TPSA) is 52.9 Å². The van der Waals surface area contributed by atoms with E-state index in [4.69, 9.17) is 0 Å². The Morgan fingerprint density at radius 3 is 2.55 bits per heavy atom. The molecule has 1 N–H and O–H groups in total. The van der Waals surface area contributed by atoms with Crippen LogP contribution in [0.4, 0.5) is 0 Å². The van der Waals surface area contributed by atoms with Gasteiger partial charge in [0.1, 0.15) is 6.07 Å². The van der Waals surface area contributed by atoms with Crippen LogP contribution in [0.1, 0.15) is 35.7 Å². The fourth-order valence-corrected chi connectivity index (χ4v) is 3.01. The second-order valence-electron chi connectivity index (χ2n) is 4.82. The fraction of sp³-hybridized carbons (Fsp3) is 0.222. The standard InChI is InChI=1S/C18H18N2OS/c1-2-3-12-20-18(21)15-9-5-7-11-17(15)22-16-10-6-4-8-14(16)13-19/h4-11H,2-3,12H2,1H3,(H,20,21). The minimum atomic E-state index is -0.0639. The molecule has 0 aliphatic carbocycles. The molecule has 0 radical (unpaired) electrons. The van der Waals surface area contributed by atoms with Crippen LogP contribution in [0.2, 0.25) is 0 Å². The van der Waals surface area contributed by atoms with Crippen molar-refractivity contribution in [3.8, 4) is 6.07 Å². The molecule has 0 aliphatic rings. The third-order valence-electron chi connectivity index (χ3n) is 3.17. The number of hydrogen-bond donors (Lipinski definition) is 1. The summed E-state index contributed by atoms with van der Waals surface area (Å²) in [7, 11) is 0. The highest BCUT2D eigenvalue weighted by molar-refractivity contribution is 7.99. The summed E-state index contributed by atoms with van der Waals surface area (Å²) in [6, 6.07) is 17.1. The van der Waals surface area contributed by atoms with Gasteiger partial charge in [-0.05, 0) is 30.7 Å². The number of benzene rings is 2. The Labute approximate surface area is 135 Å². The highest BCUT2D eigenvalue weighted by atomic mass is 32.2. The quantitative estimate of drug-likeness (QED) is 0.812. The van der Waals surface area contributed by atoms with Crippen LogP contribution < -0.4 is 5.32 Å². The molecule has 112 valence electrons. The third kappa shape index (κ3) is 4.12. The molecule has 4 heteroatoms. The number of nitrogens with zero attached hydrogens (tertiary/aromatic N) is 1. The summed E-state index contributed by atoms with van der Waals surface area (Å²) in [5, 5.41) is 12.1. The number of unbranched alkanes of at least 4 members (excludes halogenated alkanes) is 1. The van der Waals surface area contributed by atoms with Crippen LogP contribution in [-0.2, 0) is 0 Å². The first-order valence-corrected chi connectivity index (χ1v) is 8.12. The monoisotopic (exact) mass is 310 g/mol. The van der Waals surface area contributed by atoms with Crippen molar-refractivity contribution in [2.45, 2.75) is 29.6 Å². The Morgan fingerprint density at radius 2 is 1.82 bits per heavy atom. The molecule has 0 unspecified atom stereocenters. The molecule has 0 saturated carbocycles. The van der Waals surface area contributed by atoms with E-state index in [-0.39, 0.29) is 5.91 Å². The number of hydrogen-bond acceptors (Lipinski definition) is 3. The molecule has 22 heavy (non-hydrogen) atoms. The lowest BCUT2D eigenvalue weighted by atomic mass is 10.2. The molecule has 0 saturated heterocycles. The van der Waals surface area contributed by atoms with Gasteiger partial charge in [0.15, 0.2) is 0 Å². The number of nitrogens with one attached hydrogen (secondary N) is 1. The van der Waals surface area contributed by atoms with E-state index in [1.165, 1.54) is 11.8 Å². The largest absolute Gasteiger partial charge is 0.352 e. The fourth-order valence-electron chi connectivity index (χ4n) is 1.98. The van der Waals surface area contributed by atoms with Gasteiger partial charge in [0.25, 0.3) is 5.91 Å². The Balaban J connectivity index is 2.22. The first-order valence-electron chi connectivity index (χ1n) is 7.30. The van der Waals surface area contributed by atoms with Crippen molar-refractivity contribution in [1.82, 2.24) is 5.32 Å². The lowest BCUT2D eigenvalue weighted by Gasteiger charge is -2.10. The van der Waals surface area contributed by atoms with Crippen molar-refractivity contribution in [3.05, 3.63) is 59.7 Å². The van der Waals surface area contributed by atoms with Crippen LogP contribution in [0.15, 0.2) is 58.3 Å². The highest BCUT2D eigenvalue weighted by Gasteiger charge is 2.12. The summed E-state index contributed by atoms with van der Waals surface area (Å²) < 4.78 is 0. The van der Waals surface area contributed by atoms with Gasteiger partial charge in [-0.3, -0.25) is 4.79 Å². The lowest BCUT2D eigenvalue weighted by molar-refractivity contribution is 0.0950. The van der Waals surface area contributed by atoms with E-state index in [0.29, 0.717) is 17.7 Å². The Hall–Kier alpha value is -2.25. The normalized spacial score (nSPS) is 10.0. The van der Waals surface area contributed by atoms with Crippen LogP contribution in [-0.4, -0.2) is 12.5 Å². The van der Waals surface area contributed by atoms with Crippen LogP contribution in [0.25, 0.3) is 0 Å².